The number of benzene rings is 2. The summed E-state index contributed by atoms with van der Waals surface area (Å²) >= 11 is 1.04. The summed E-state index contributed by atoms with van der Waals surface area (Å²) in [7, 11) is 0. The van der Waals surface area contributed by atoms with Gasteiger partial charge in [-0.15, -0.1) is 0 Å². The Labute approximate surface area is 136 Å². The predicted octanol–water partition coefficient (Wildman–Crippen LogP) is 3.81. The van der Waals surface area contributed by atoms with Crippen molar-refractivity contribution >= 4 is 28.9 Å². The van der Waals surface area contributed by atoms with Gasteiger partial charge in [0.15, 0.2) is 0 Å². The molecule has 118 valence electrons. The van der Waals surface area contributed by atoms with Gasteiger partial charge in [-0.2, -0.15) is 0 Å². The monoisotopic (exact) mass is 331 g/mol. The molecule has 0 aliphatic rings. The largest absolute Gasteiger partial charge is 0.291 e. The summed E-state index contributed by atoms with van der Waals surface area (Å²) in [5.41, 5.74) is 1.19. The highest BCUT2D eigenvalue weighted by Crippen LogP contribution is 2.31. The van der Waals surface area contributed by atoms with E-state index in [1.807, 2.05) is 30.3 Å². The maximum Gasteiger partial charge on any atom is 0.291 e. The molecule has 2 aromatic carbocycles. The molecule has 0 bridgehead atoms. The summed E-state index contributed by atoms with van der Waals surface area (Å²) in [4.78, 5) is 20.7. The first-order valence-electron chi connectivity index (χ1n) is 6.55. The van der Waals surface area contributed by atoms with Crippen LogP contribution in [0.5, 0.6) is 0 Å². The van der Waals surface area contributed by atoms with Crippen molar-refractivity contribution < 1.29 is 9.85 Å². The molecule has 0 aromatic heterocycles. The van der Waals surface area contributed by atoms with Crippen LogP contribution in [-0.2, 0) is 0 Å². The van der Waals surface area contributed by atoms with Crippen LogP contribution in [0.4, 0.5) is 11.4 Å². The molecule has 0 unspecified atom stereocenters. The molecule has 2 rings (SSSR count). The van der Waals surface area contributed by atoms with Gasteiger partial charge in [0.2, 0.25) is 0 Å². The van der Waals surface area contributed by atoms with E-state index in [-0.39, 0.29) is 11.4 Å². The van der Waals surface area contributed by atoms with E-state index in [1.165, 1.54) is 12.1 Å². The maximum atomic E-state index is 11.0. The van der Waals surface area contributed by atoms with Crippen LogP contribution in [0.25, 0.3) is 5.57 Å². The van der Waals surface area contributed by atoms with Gasteiger partial charge in [-0.05, 0) is 29.2 Å². The average molecular weight is 331 g/mol. The standard InChI is InChI=1S/C15H13N3O4S/c1-11(12-5-3-2-4-6-12)10-16-23-15-8-7-13(17(19)20)9-14(15)18(21)22/h2-9,16H,1,10H2. The number of hydrogen-bond donors (Lipinski definition) is 1. The Bertz CT molecular complexity index is 750. The quantitative estimate of drug-likeness (QED) is 0.470. The number of rotatable bonds is 7. The third-order valence-corrected chi connectivity index (χ3v) is 3.85. The number of non-ortho nitro benzene ring substituents is 1. The molecule has 0 amide bonds. The lowest BCUT2D eigenvalue weighted by atomic mass is 10.1. The summed E-state index contributed by atoms with van der Waals surface area (Å²) in [6.45, 7) is 4.37. The zero-order chi connectivity index (χ0) is 16.8. The van der Waals surface area contributed by atoms with Crippen LogP contribution in [0.1, 0.15) is 5.56 Å². The SMILES string of the molecule is C=C(CNSc1ccc([N+](=O)[O-])cc1[N+](=O)[O-])c1ccccc1. The van der Waals surface area contributed by atoms with E-state index in [4.69, 9.17) is 0 Å². The first-order valence-corrected chi connectivity index (χ1v) is 7.36. The van der Waals surface area contributed by atoms with Crippen molar-refractivity contribution in [3.8, 4) is 0 Å². The molecule has 23 heavy (non-hydrogen) atoms. The molecule has 0 saturated heterocycles. The summed E-state index contributed by atoms with van der Waals surface area (Å²) < 4.78 is 2.99. The Morgan fingerprint density at radius 3 is 2.39 bits per heavy atom. The molecule has 2 aromatic rings. The third-order valence-electron chi connectivity index (χ3n) is 3.00. The van der Waals surface area contributed by atoms with Gasteiger partial charge in [0.1, 0.15) is 4.90 Å². The molecule has 0 fully saturated rings. The average Bonchev–Trinajstić information content (AvgIpc) is 2.55. The van der Waals surface area contributed by atoms with Crippen molar-refractivity contribution in [1.29, 1.82) is 0 Å². The Kier molecular flexibility index (Phi) is 5.45. The fourth-order valence-corrected chi connectivity index (χ4v) is 2.60. The van der Waals surface area contributed by atoms with Crippen LogP contribution in [0.2, 0.25) is 0 Å². The first-order chi connectivity index (χ1) is 11.0. The van der Waals surface area contributed by atoms with Crippen molar-refractivity contribution in [2.24, 2.45) is 0 Å². The molecule has 1 N–H and O–H groups in total. The lowest BCUT2D eigenvalue weighted by Crippen LogP contribution is -2.07. The Morgan fingerprint density at radius 2 is 1.78 bits per heavy atom. The fourth-order valence-electron chi connectivity index (χ4n) is 1.83. The van der Waals surface area contributed by atoms with Crippen molar-refractivity contribution in [3.63, 3.8) is 0 Å². The summed E-state index contributed by atoms with van der Waals surface area (Å²) in [5.74, 6) is 0. The molecule has 0 aliphatic heterocycles. The Morgan fingerprint density at radius 1 is 1.09 bits per heavy atom. The van der Waals surface area contributed by atoms with Gasteiger partial charge in [0.25, 0.3) is 11.4 Å². The normalized spacial score (nSPS) is 10.3. The van der Waals surface area contributed by atoms with Gasteiger partial charge in [-0.25, -0.2) is 0 Å². The minimum atomic E-state index is -0.661. The number of nitro groups is 2. The van der Waals surface area contributed by atoms with E-state index >= 15 is 0 Å². The van der Waals surface area contributed by atoms with E-state index in [0.29, 0.717) is 11.4 Å². The Hall–Kier alpha value is -2.71. The van der Waals surface area contributed by atoms with Gasteiger partial charge in [0, 0.05) is 12.6 Å². The summed E-state index contributed by atoms with van der Waals surface area (Å²) in [6, 6.07) is 13.1. The second-order valence-corrected chi connectivity index (χ2v) is 5.49. The van der Waals surface area contributed by atoms with E-state index < -0.39 is 9.85 Å². The fraction of sp³-hybridized carbons (Fsp3) is 0.0667. The third kappa shape index (κ3) is 4.38. The summed E-state index contributed by atoms with van der Waals surface area (Å²) in [5, 5.41) is 21.7. The Balaban J connectivity index is 2.04. The van der Waals surface area contributed by atoms with Crippen molar-refractivity contribution in [1.82, 2.24) is 4.72 Å². The van der Waals surface area contributed by atoms with Crippen LogP contribution in [0, 0.1) is 20.2 Å². The molecule has 0 heterocycles. The smallest absolute Gasteiger partial charge is 0.258 e. The van der Waals surface area contributed by atoms with Gasteiger partial charge in [-0.1, -0.05) is 36.9 Å². The zero-order valence-electron chi connectivity index (χ0n) is 12.0. The number of hydrogen-bond acceptors (Lipinski definition) is 6. The molecule has 7 nitrogen and oxygen atoms in total. The zero-order valence-corrected chi connectivity index (χ0v) is 12.8. The van der Waals surface area contributed by atoms with E-state index in [2.05, 4.69) is 11.3 Å². The number of nitrogens with zero attached hydrogens (tertiary/aromatic N) is 2. The van der Waals surface area contributed by atoms with Gasteiger partial charge in [0.05, 0.1) is 15.9 Å². The van der Waals surface area contributed by atoms with Crippen molar-refractivity contribution in [2.45, 2.75) is 4.90 Å². The second kappa shape index (κ2) is 7.52. The highest BCUT2D eigenvalue weighted by atomic mass is 32.2. The molecular formula is C15H13N3O4S. The van der Waals surface area contributed by atoms with Crippen LogP contribution in [0.3, 0.4) is 0 Å². The minimum absolute atomic E-state index is 0.304. The van der Waals surface area contributed by atoms with Crippen LogP contribution in [-0.4, -0.2) is 16.4 Å². The lowest BCUT2D eigenvalue weighted by Gasteiger charge is -2.07. The van der Waals surface area contributed by atoms with E-state index in [9.17, 15) is 20.2 Å². The van der Waals surface area contributed by atoms with Gasteiger partial charge >= 0.3 is 0 Å². The molecular weight excluding hydrogens is 318 g/mol. The molecule has 0 aliphatic carbocycles. The van der Waals surface area contributed by atoms with Crippen molar-refractivity contribution in [3.05, 3.63) is 80.9 Å². The lowest BCUT2D eigenvalue weighted by molar-refractivity contribution is -0.396. The molecule has 0 saturated carbocycles. The van der Waals surface area contributed by atoms with Gasteiger partial charge in [-0.3, -0.25) is 25.0 Å². The second-order valence-electron chi connectivity index (χ2n) is 4.56. The minimum Gasteiger partial charge on any atom is -0.258 e. The topological polar surface area (TPSA) is 98.3 Å². The number of nitrogens with one attached hydrogen (secondary N) is 1. The first kappa shape index (κ1) is 16.7. The molecule has 8 heteroatoms. The highest BCUT2D eigenvalue weighted by molar-refractivity contribution is 7.97. The van der Waals surface area contributed by atoms with Crippen LogP contribution >= 0.6 is 11.9 Å². The van der Waals surface area contributed by atoms with Crippen molar-refractivity contribution in [2.75, 3.05) is 6.54 Å². The van der Waals surface area contributed by atoms with Crippen LogP contribution < -0.4 is 4.72 Å². The molecule has 0 radical (unpaired) electrons. The van der Waals surface area contributed by atoms with E-state index in [1.54, 1.807) is 0 Å². The van der Waals surface area contributed by atoms with E-state index in [0.717, 1.165) is 29.2 Å². The van der Waals surface area contributed by atoms with Gasteiger partial charge < -0.3 is 0 Å². The molecule has 0 atom stereocenters. The summed E-state index contributed by atoms with van der Waals surface area (Å²) in [6.07, 6.45) is 0. The predicted molar refractivity (Wildman–Crippen MR) is 89.1 cm³/mol. The maximum absolute atomic E-state index is 11.0. The highest BCUT2D eigenvalue weighted by Gasteiger charge is 2.19. The number of nitro benzene ring substituents is 2. The van der Waals surface area contributed by atoms with Crippen LogP contribution in [0.15, 0.2) is 60.0 Å². The molecule has 0 spiro atoms.